The first kappa shape index (κ1) is 13.1. The minimum absolute atomic E-state index is 0.0284. The summed E-state index contributed by atoms with van der Waals surface area (Å²) in [7, 11) is 0. The van der Waals surface area contributed by atoms with Crippen molar-refractivity contribution >= 4 is 17.2 Å². The Labute approximate surface area is 117 Å². The second kappa shape index (κ2) is 4.58. The van der Waals surface area contributed by atoms with Gasteiger partial charge in [0.25, 0.3) is 0 Å². The number of carbonyl (C=O) groups excluding carboxylic acids is 1. The first-order valence-electron chi connectivity index (χ1n) is 6.56. The highest BCUT2D eigenvalue weighted by atomic mass is 32.1. The average Bonchev–Trinajstić information content (AvgIpc) is 2.79. The van der Waals surface area contributed by atoms with Gasteiger partial charge in [0.1, 0.15) is 0 Å². The Balaban J connectivity index is 1.51. The zero-order valence-electron chi connectivity index (χ0n) is 11.3. The van der Waals surface area contributed by atoms with Crippen molar-refractivity contribution in [3.8, 4) is 0 Å². The van der Waals surface area contributed by atoms with E-state index >= 15 is 0 Å². The van der Waals surface area contributed by atoms with Gasteiger partial charge in [0.2, 0.25) is 5.91 Å². The van der Waals surface area contributed by atoms with Gasteiger partial charge in [0.05, 0.1) is 25.0 Å². The third-order valence-corrected chi connectivity index (χ3v) is 4.64. The SMILES string of the molecule is CC1(C)OCC2(CO1)CN(C(=O)Cc1cccs1)C2. The van der Waals surface area contributed by atoms with Crippen LogP contribution in [0.25, 0.3) is 0 Å². The standard InChI is InChI=1S/C14H19NO3S/c1-13(2)17-9-14(10-18-13)7-15(8-14)12(16)6-11-4-3-5-19-11/h3-5H,6-10H2,1-2H3. The number of likely N-dealkylation sites (tertiary alicyclic amines) is 1. The Morgan fingerprint density at radius 1 is 1.37 bits per heavy atom. The average molecular weight is 281 g/mol. The van der Waals surface area contributed by atoms with Crippen LogP contribution in [-0.2, 0) is 20.7 Å². The molecule has 0 unspecified atom stereocenters. The van der Waals surface area contributed by atoms with Crippen LogP contribution in [0, 0.1) is 5.41 Å². The number of thiophene rings is 1. The van der Waals surface area contributed by atoms with Crippen molar-refractivity contribution in [1.82, 2.24) is 4.90 Å². The summed E-state index contributed by atoms with van der Waals surface area (Å²) < 4.78 is 11.4. The summed E-state index contributed by atoms with van der Waals surface area (Å²) in [6.45, 7) is 6.74. The molecule has 19 heavy (non-hydrogen) atoms. The summed E-state index contributed by atoms with van der Waals surface area (Å²) in [6.07, 6.45) is 0.515. The highest BCUT2D eigenvalue weighted by molar-refractivity contribution is 7.10. The van der Waals surface area contributed by atoms with E-state index in [0.717, 1.165) is 18.0 Å². The monoisotopic (exact) mass is 281 g/mol. The normalized spacial score (nSPS) is 24.2. The largest absolute Gasteiger partial charge is 0.350 e. The molecule has 0 saturated carbocycles. The van der Waals surface area contributed by atoms with E-state index in [1.54, 1.807) is 11.3 Å². The summed E-state index contributed by atoms with van der Waals surface area (Å²) in [6, 6.07) is 3.99. The van der Waals surface area contributed by atoms with Gasteiger partial charge < -0.3 is 14.4 Å². The van der Waals surface area contributed by atoms with Crippen LogP contribution in [0.1, 0.15) is 18.7 Å². The maximum atomic E-state index is 12.1. The van der Waals surface area contributed by atoms with Crippen molar-refractivity contribution in [3.05, 3.63) is 22.4 Å². The molecule has 2 fully saturated rings. The first-order valence-corrected chi connectivity index (χ1v) is 7.44. The Morgan fingerprint density at radius 3 is 2.63 bits per heavy atom. The minimum Gasteiger partial charge on any atom is -0.350 e. The molecule has 2 aliphatic heterocycles. The molecule has 0 atom stereocenters. The van der Waals surface area contributed by atoms with Crippen molar-refractivity contribution in [2.75, 3.05) is 26.3 Å². The molecular weight excluding hydrogens is 262 g/mol. The molecule has 1 aromatic rings. The predicted molar refractivity (Wildman–Crippen MR) is 73.0 cm³/mol. The number of carbonyl (C=O) groups is 1. The van der Waals surface area contributed by atoms with Crippen molar-refractivity contribution in [2.45, 2.75) is 26.1 Å². The van der Waals surface area contributed by atoms with E-state index in [9.17, 15) is 4.79 Å². The summed E-state index contributed by atoms with van der Waals surface area (Å²) in [5, 5.41) is 2.01. The lowest BCUT2D eigenvalue weighted by molar-refractivity contribution is -0.302. The number of ether oxygens (including phenoxy) is 2. The van der Waals surface area contributed by atoms with E-state index in [0.29, 0.717) is 19.6 Å². The van der Waals surface area contributed by atoms with E-state index in [4.69, 9.17) is 9.47 Å². The molecule has 1 amide bonds. The number of rotatable bonds is 2. The Bertz CT molecular complexity index is 451. The van der Waals surface area contributed by atoms with Gasteiger partial charge in [-0.2, -0.15) is 0 Å². The fourth-order valence-corrected chi connectivity index (χ4v) is 3.23. The van der Waals surface area contributed by atoms with Crippen LogP contribution < -0.4 is 0 Å². The highest BCUT2D eigenvalue weighted by Crippen LogP contribution is 2.37. The number of hydrogen-bond acceptors (Lipinski definition) is 4. The molecule has 0 N–H and O–H groups in total. The number of amides is 1. The predicted octanol–water partition coefficient (Wildman–Crippen LogP) is 1.90. The molecule has 2 aliphatic rings. The van der Waals surface area contributed by atoms with Crippen molar-refractivity contribution < 1.29 is 14.3 Å². The molecule has 3 heterocycles. The Morgan fingerprint density at radius 2 is 2.05 bits per heavy atom. The van der Waals surface area contributed by atoms with E-state index < -0.39 is 5.79 Å². The quantitative estimate of drug-likeness (QED) is 0.831. The van der Waals surface area contributed by atoms with Crippen LogP contribution in [0.3, 0.4) is 0 Å². The Kier molecular flexibility index (Phi) is 3.15. The van der Waals surface area contributed by atoms with Gasteiger partial charge in [-0.15, -0.1) is 11.3 Å². The third-order valence-electron chi connectivity index (χ3n) is 3.76. The van der Waals surface area contributed by atoms with Gasteiger partial charge in [-0.1, -0.05) is 6.07 Å². The molecule has 104 valence electrons. The van der Waals surface area contributed by atoms with Gasteiger partial charge in [0.15, 0.2) is 5.79 Å². The zero-order chi connectivity index (χ0) is 13.5. The van der Waals surface area contributed by atoms with Gasteiger partial charge in [0, 0.05) is 18.0 Å². The van der Waals surface area contributed by atoms with Crippen LogP contribution in [0.15, 0.2) is 17.5 Å². The highest BCUT2D eigenvalue weighted by Gasteiger charge is 2.49. The van der Waals surface area contributed by atoms with E-state index in [2.05, 4.69) is 0 Å². The fraction of sp³-hybridized carbons (Fsp3) is 0.643. The van der Waals surface area contributed by atoms with Gasteiger partial charge in [-0.25, -0.2) is 0 Å². The molecule has 1 aromatic heterocycles. The van der Waals surface area contributed by atoms with E-state index in [1.165, 1.54) is 0 Å². The minimum atomic E-state index is -0.480. The Hall–Kier alpha value is -0.910. The van der Waals surface area contributed by atoms with E-state index in [-0.39, 0.29) is 11.3 Å². The van der Waals surface area contributed by atoms with Crippen LogP contribution in [0.2, 0.25) is 0 Å². The third kappa shape index (κ3) is 2.68. The topological polar surface area (TPSA) is 38.8 Å². The van der Waals surface area contributed by atoms with Crippen LogP contribution >= 0.6 is 11.3 Å². The van der Waals surface area contributed by atoms with Crippen LogP contribution in [0.5, 0.6) is 0 Å². The number of hydrogen-bond donors (Lipinski definition) is 0. The van der Waals surface area contributed by atoms with Crippen LogP contribution in [-0.4, -0.2) is 42.9 Å². The number of nitrogens with zero attached hydrogens (tertiary/aromatic N) is 1. The molecule has 1 spiro atoms. The molecule has 2 saturated heterocycles. The maximum Gasteiger partial charge on any atom is 0.227 e. The summed E-state index contributed by atoms with van der Waals surface area (Å²) in [5.74, 6) is -0.273. The van der Waals surface area contributed by atoms with Gasteiger partial charge >= 0.3 is 0 Å². The zero-order valence-corrected chi connectivity index (χ0v) is 12.2. The summed E-state index contributed by atoms with van der Waals surface area (Å²) in [4.78, 5) is 15.1. The van der Waals surface area contributed by atoms with Gasteiger partial charge in [-0.3, -0.25) is 4.79 Å². The van der Waals surface area contributed by atoms with Crippen molar-refractivity contribution in [3.63, 3.8) is 0 Å². The molecule has 0 aromatic carbocycles. The second-order valence-electron chi connectivity index (χ2n) is 5.98. The lowest BCUT2D eigenvalue weighted by atomic mass is 9.80. The van der Waals surface area contributed by atoms with Gasteiger partial charge in [-0.05, 0) is 25.3 Å². The van der Waals surface area contributed by atoms with Crippen LogP contribution in [0.4, 0.5) is 0 Å². The molecule has 0 bridgehead atoms. The lowest BCUT2D eigenvalue weighted by Crippen LogP contribution is -2.66. The van der Waals surface area contributed by atoms with Crippen molar-refractivity contribution in [1.29, 1.82) is 0 Å². The molecule has 3 rings (SSSR count). The molecule has 5 heteroatoms. The van der Waals surface area contributed by atoms with Crippen molar-refractivity contribution in [2.24, 2.45) is 5.41 Å². The molecule has 0 aliphatic carbocycles. The smallest absolute Gasteiger partial charge is 0.227 e. The molecule has 4 nitrogen and oxygen atoms in total. The second-order valence-corrected chi connectivity index (χ2v) is 7.02. The maximum absolute atomic E-state index is 12.1. The molecular formula is C14H19NO3S. The lowest BCUT2D eigenvalue weighted by Gasteiger charge is -2.54. The summed E-state index contributed by atoms with van der Waals surface area (Å²) in [5.41, 5.74) is 0.0284. The molecule has 0 radical (unpaired) electrons. The first-order chi connectivity index (χ1) is 8.98. The summed E-state index contributed by atoms with van der Waals surface area (Å²) >= 11 is 1.63. The van der Waals surface area contributed by atoms with E-state index in [1.807, 2.05) is 36.3 Å². The fourth-order valence-electron chi connectivity index (χ4n) is 2.53.